The molecule has 1 heterocycles. The SMILES string of the molecule is CC(C)[C@@H](CO)O[C@H](C)n1ccc(=O)[nH]c1=O. The lowest BCUT2D eigenvalue weighted by Crippen LogP contribution is -2.35. The Labute approximate surface area is 98.9 Å². The van der Waals surface area contributed by atoms with Crippen molar-refractivity contribution >= 4 is 0 Å². The fraction of sp³-hybridized carbons (Fsp3) is 0.636. The van der Waals surface area contributed by atoms with Crippen LogP contribution in [0.3, 0.4) is 0 Å². The van der Waals surface area contributed by atoms with E-state index in [0.29, 0.717) is 0 Å². The lowest BCUT2D eigenvalue weighted by atomic mass is 10.1. The summed E-state index contributed by atoms with van der Waals surface area (Å²) < 4.78 is 6.83. The first-order valence-electron chi connectivity index (χ1n) is 5.53. The van der Waals surface area contributed by atoms with Crippen LogP contribution in [0, 0.1) is 5.92 Å². The van der Waals surface area contributed by atoms with Crippen LogP contribution < -0.4 is 11.2 Å². The van der Waals surface area contributed by atoms with Crippen molar-refractivity contribution in [2.24, 2.45) is 5.92 Å². The smallest absolute Gasteiger partial charge is 0.330 e. The van der Waals surface area contributed by atoms with E-state index in [0.717, 1.165) is 0 Å². The first-order valence-corrected chi connectivity index (χ1v) is 5.53. The van der Waals surface area contributed by atoms with Crippen LogP contribution >= 0.6 is 0 Å². The topological polar surface area (TPSA) is 84.3 Å². The summed E-state index contributed by atoms with van der Waals surface area (Å²) in [5.41, 5.74) is -0.966. The number of ether oxygens (including phenoxy) is 1. The fourth-order valence-corrected chi connectivity index (χ4v) is 1.44. The van der Waals surface area contributed by atoms with Crippen LogP contribution in [-0.4, -0.2) is 27.4 Å². The van der Waals surface area contributed by atoms with Crippen LogP contribution in [0.4, 0.5) is 0 Å². The minimum Gasteiger partial charge on any atom is -0.394 e. The molecule has 0 fully saturated rings. The molecule has 1 aromatic rings. The molecule has 17 heavy (non-hydrogen) atoms. The molecule has 0 aliphatic heterocycles. The van der Waals surface area contributed by atoms with Crippen LogP contribution in [0.25, 0.3) is 0 Å². The molecule has 0 radical (unpaired) electrons. The zero-order valence-corrected chi connectivity index (χ0v) is 10.2. The molecule has 0 saturated carbocycles. The number of aliphatic hydroxyl groups excluding tert-OH is 1. The first-order chi connectivity index (χ1) is 7.95. The molecule has 0 aromatic carbocycles. The number of hydrogen-bond donors (Lipinski definition) is 2. The number of H-pyrrole nitrogens is 1. The van der Waals surface area contributed by atoms with E-state index >= 15 is 0 Å². The maximum Gasteiger partial charge on any atom is 0.330 e. The highest BCUT2D eigenvalue weighted by Gasteiger charge is 2.17. The monoisotopic (exact) mass is 242 g/mol. The summed E-state index contributed by atoms with van der Waals surface area (Å²) in [4.78, 5) is 24.5. The van der Waals surface area contributed by atoms with Crippen molar-refractivity contribution in [2.75, 3.05) is 6.61 Å². The molecule has 0 amide bonds. The van der Waals surface area contributed by atoms with E-state index in [-0.39, 0.29) is 18.6 Å². The van der Waals surface area contributed by atoms with E-state index in [1.807, 2.05) is 13.8 Å². The third kappa shape index (κ3) is 3.54. The predicted molar refractivity (Wildman–Crippen MR) is 62.8 cm³/mol. The second-order valence-electron chi connectivity index (χ2n) is 4.22. The highest BCUT2D eigenvalue weighted by molar-refractivity contribution is 4.83. The van der Waals surface area contributed by atoms with Crippen molar-refractivity contribution < 1.29 is 9.84 Å². The van der Waals surface area contributed by atoms with Gasteiger partial charge < -0.3 is 9.84 Å². The lowest BCUT2D eigenvalue weighted by Gasteiger charge is -2.24. The summed E-state index contributed by atoms with van der Waals surface area (Å²) >= 11 is 0. The van der Waals surface area contributed by atoms with Crippen molar-refractivity contribution in [3.05, 3.63) is 33.1 Å². The summed E-state index contributed by atoms with van der Waals surface area (Å²) in [6.45, 7) is 5.41. The maximum atomic E-state index is 11.5. The normalized spacial score (nSPS) is 14.9. The summed E-state index contributed by atoms with van der Waals surface area (Å²) in [7, 11) is 0. The quantitative estimate of drug-likeness (QED) is 0.766. The van der Waals surface area contributed by atoms with Gasteiger partial charge in [-0.2, -0.15) is 0 Å². The highest BCUT2D eigenvalue weighted by Crippen LogP contribution is 2.13. The summed E-state index contributed by atoms with van der Waals surface area (Å²) in [6, 6.07) is 1.25. The average Bonchev–Trinajstić information content (AvgIpc) is 2.24. The van der Waals surface area contributed by atoms with Gasteiger partial charge in [0.2, 0.25) is 0 Å². The Morgan fingerprint density at radius 3 is 2.53 bits per heavy atom. The van der Waals surface area contributed by atoms with Gasteiger partial charge in [-0.3, -0.25) is 14.3 Å². The Bertz CT molecular complexity index is 463. The number of aromatic amines is 1. The van der Waals surface area contributed by atoms with E-state index < -0.39 is 17.5 Å². The summed E-state index contributed by atoms with van der Waals surface area (Å²) in [6.07, 6.45) is 0.489. The Morgan fingerprint density at radius 1 is 1.41 bits per heavy atom. The molecule has 0 spiro atoms. The predicted octanol–water partition coefficient (Wildman–Crippen LogP) is 0.0886. The van der Waals surface area contributed by atoms with Gasteiger partial charge in [0.1, 0.15) is 6.23 Å². The fourth-order valence-electron chi connectivity index (χ4n) is 1.44. The van der Waals surface area contributed by atoms with E-state index in [2.05, 4.69) is 4.98 Å². The number of hydrogen-bond acceptors (Lipinski definition) is 4. The van der Waals surface area contributed by atoms with Crippen LogP contribution in [-0.2, 0) is 4.74 Å². The van der Waals surface area contributed by atoms with Gasteiger partial charge in [-0.1, -0.05) is 13.8 Å². The van der Waals surface area contributed by atoms with Crippen molar-refractivity contribution in [2.45, 2.75) is 33.1 Å². The van der Waals surface area contributed by atoms with Crippen molar-refractivity contribution in [3.8, 4) is 0 Å². The molecule has 2 atom stereocenters. The molecule has 2 N–H and O–H groups in total. The molecule has 0 bridgehead atoms. The summed E-state index contributed by atoms with van der Waals surface area (Å²) in [5.74, 6) is 0.140. The first kappa shape index (κ1) is 13.7. The second kappa shape index (κ2) is 5.79. The van der Waals surface area contributed by atoms with Gasteiger partial charge in [0.25, 0.3) is 5.56 Å². The van der Waals surface area contributed by atoms with Crippen LogP contribution in [0.5, 0.6) is 0 Å². The standard InChI is InChI=1S/C11H18N2O4/c1-7(2)9(6-14)17-8(3)13-5-4-10(15)12-11(13)16/h4-5,7-9,14H,6H2,1-3H3,(H,12,15,16)/t8-,9-/m1/s1. The number of nitrogens with one attached hydrogen (secondary N) is 1. The Hall–Kier alpha value is -1.40. The van der Waals surface area contributed by atoms with Crippen LogP contribution in [0.2, 0.25) is 0 Å². The minimum atomic E-state index is -0.543. The molecule has 1 aromatic heterocycles. The molecule has 0 aliphatic carbocycles. The Morgan fingerprint density at radius 2 is 2.06 bits per heavy atom. The zero-order chi connectivity index (χ0) is 13.0. The third-order valence-electron chi connectivity index (χ3n) is 2.54. The number of nitrogens with zero attached hydrogens (tertiary/aromatic N) is 1. The van der Waals surface area contributed by atoms with Gasteiger partial charge in [-0.15, -0.1) is 0 Å². The zero-order valence-electron chi connectivity index (χ0n) is 10.2. The highest BCUT2D eigenvalue weighted by atomic mass is 16.5. The van der Waals surface area contributed by atoms with Crippen LogP contribution in [0.1, 0.15) is 27.0 Å². The van der Waals surface area contributed by atoms with E-state index in [9.17, 15) is 9.59 Å². The molecule has 96 valence electrons. The number of aliphatic hydroxyl groups is 1. The van der Waals surface area contributed by atoms with E-state index in [1.54, 1.807) is 6.92 Å². The third-order valence-corrected chi connectivity index (χ3v) is 2.54. The van der Waals surface area contributed by atoms with Gasteiger partial charge in [0.05, 0.1) is 12.7 Å². The molecule has 6 heteroatoms. The van der Waals surface area contributed by atoms with Crippen LogP contribution in [0.15, 0.2) is 21.9 Å². The molecule has 6 nitrogen and oxygen atoms in total. The minimum absolute atomic E-state index is 0.111. The average molecular weight is 242 g/mol. The molecular weight excluding hydrogens is 224 g/mol. The van der Waals surface area contributed by atoms with Gasteiger partial charge in [0, 0.05) is 12.3 Å². The van der Waals surface area contributed by atoms with Crippen molar-refractivity contribution in [1.82, 2.24) is 9.55 Å². The van der Waals surface area contributed by atoms with Gasteiger partial charge in [0.15, 0.2) is 0 Å². The molecule has 1 rings (SSSR count). The molecule has 0 aliphatic rings. The summed E-state index contributed by atoms with van der Waals surface area (Å²) in [5, 5.41) is 9.14. The van der Waals surface area contributed by atoms with Gasteiger partial charge >= 0.3 is 5.69 Å². The van der Waals surface area contributed by atoms with Crippen molar-refractivity contribution in [1.29, 1.82) is 0 Å². The van der Waals surface area contributed by atoms with E-state index in [4.69, 9.17) is 9.84 Å². The maximum absolute atomic E-state index is 11.5. The number of aromatic nitrogens is 2. The lowest BCUT2D eigenvalue weighted by molar-refractivity contribution is -0.0867. The number of rotatable bonds is 5. The molecular formula is C11H18N2O4. The Balaban J connectivity index is 2.86. The largest absolute Gasteiger partial charge is 0.394 e. The van der Waals surface area contributed by atoms with Crippen molar-refractivity contribution in [3.63, 3.8) is 0 Å². The second-order valence-corrected chi connectivity index (χ2v) is 4.22. The molecule has 0 saturated heterocycles. The Kier molecular flexibility index (Phi) is 4.65. The van der Waals surface area contributed by atoms with E-state index in [1.165, 1.54) is 16.8 Å². The van der Waals surface area contributed by atoms with Gasteiger partial charge in [-0.05, 0) is 12.8 Å². The molecule has 0 unspecified atom stereocenters. The van der Waals surface area contributed by atoms with Gasteiger partial charge in [-0.25, -0.2) is 4.79 Å².